The van der Waals surface area contributed by atoms with Gasteiger partial charge in [0.1, 0.15) is 11.8 Å². The molecule has 1 atom stereocenters. The Morgan fingerprint density at radius 2 is 2.33 bits per heavy atom. The van der Waals surface area contributed by atoms with Crippen LogP contribution >= 0.6 is 12.2 Å². The maximum atomic E-state index is 11.0. The number of nitrogens with zero attached hydrogens (tertiary/aromatic N) is 3. The minimum atomic E-state index is -0.788. The van der Waals surface area contributed by atoms with Crippen LogP contribution in [0.4, 0.5) is 0 Å². The number of imidazole rings is 1. The lowest BCUT2D eigenvalue weighted by Gasteiger charge is -2.03. The van der Waals surface area contributed by atoms with E-state index in [2.05, 4.69) is 15.0 Å². The quantitative estimate of drug-likeness (QED) is 0.838. The normalized spacial score (nSPS) is 12.8. The monoisotopic (exact) mass is 286 g/mol. The summed E-state index contributed by atoms with van der Waals surface area (Å²) in [6.07, 6.45) is 3.93. The minimum absolute atomic E-state index is 0.476. The highest BCUT2D eigenvalue weighted by Gasteiger charge is 2.10. The molecule has 0 fully saturated rings. The molecule has 0 saturated heterocycles. The van der Waals surface area contributed by atoms with Gasteiger partial charge in [-0.1, -0.05) is 0 Å². The Morgan fingerprint density at radius 1 is 1.56 bits per heavy atom. The van der Waals surface area contributed by atoms with Crippen molar-refractivity contribution in [2.24, 2.45) is 0 Å². The molecule has 18 heavy (non-hydrogen) atoms. The molecule has 6 nitrogen and oxygen atoms in total. The van der Waals surface area contributed by atoms with Gasteiger partial charge < -0.3 is 14.3 Å². The van der Waals surface area contributed by atoms with Gasteiger partial charge in [-0.15, -0.1) is 0 Å². The summed E-state index contributed by atoms with van der Waals surface area (Å²) in [7, 11) is 0.763. The van der Waals surface area contributed by atoms with E-state index in [0.29, 0.717) is 34.1 Å². The van der Waals surface area contributed by atoms with Crippen molar-refractivity contribution in [1.82, 2.24) is 19.5 Å². The predicted octanol–water partition coefficient (Wildman–Crippen LogP) is 1.27. The van der Waals surface area contributed by atoms with E-state index in [0.717, 1.165) is 6.42 Å². The first-order chi connectivity index (χ1) is 8.63. The van der Waals surface area contributed by atoms with E-state index in [1.807, 2.05) is 4.57 Å². The molecule has 0 aliphatic rings. The van der Waals surface area contributed by atoms with Crippen LogP contribution in [0.25, 0.3) is 11.2 Å². The fourth-order valence-electron chi connectivity index (χ4n) is 1.73. The first-order valence-corrected chi connectivity index (χ1v) is 7.54. The molecule has 0 saturated carbocycles. The summed E-state index contributed by atoms with van der Waals surface area (Å²) < 4.78 is 18.6. The van der Waals surface area contributed by atoms with Gasteiger partial charge in [0.25, 0.3) is 0 Å². The average molecular weight is 286 g/mol. The number of nitrogens with one attached hydrogen (secondary N) is 1. The van der Waals surface area contributed by atoms with Crippen molar-refractivity contribution in [2.75, 3.05) is 19.1 Å². The standard InChI is InChI=1S/C10H14N4O2S2/c1-16-9-7-8(11-6-12-9)14(10(17)13-7)4-3-5-18(2)15/h6H,3-5H2,1-2H3,(H,13,17). The second kappa shape index (κ2) is 5.57. The molecule has 2 aromatic rings. The summed E-state index contributed by atoms with van der Waals surface area (Å²) in [4.78, 5) is 11.3. The van der Waals surface area contributed by atoms with Crippen LogP contribution in [0.3, 0.4) is 0 Å². The van der Waals surface area contributed by atoms with E-state index in [4.69, 9.17) is 17.0 Å². The van der Waals surface area contributed by atoms with Crippen molar-refractivity contribution in [3.63, 3.8) is 0 Å². The van der Waals surface area contributed by atoms with Gasteiger partial charge in [0.2, 0.25) is 5.88 Å². The predicted molar refractivity (Wildman–Crippen MR) is 72.8 cm³/mol. The lowest BCUT2D eigenvalue weighted by atomic mass is 10.4. The van der Waals surface area contributed by atoms with Gasteiger partial charge in [-0.05, 0) is 18.6 Å². The van der Waals surface area contributed by atoms with Gasteiger partial charge in [0.05, 0.1) is 7.11 Å². The van der Waals surface area contributed by atoms with Crippen molar-refractivity contribution in [2.45, 2.75) is 13.0 Å². The van der Waals surface area contributed by atoms with Crippen molar-refractivity contribution in [1.29, 1.82) is 0 Å². The molecule has 0 aromatic carbocycles. The third kappa shape index (κ3) is 2.59. The molecule has 0 radical (unpaired) electrons. The van der Waals surface area contributed by atoms with Crippen LogP contribution in [0, 0.1) is 4.77 Å². The molecule has 2 aromatic heterocycles. The van der Waals surface area contributed by atoms with E-state index >= 15 is 0 Å². The number of rotatable bonds is 5. The number of hydrogen-bond acceptors (Lipinski definition) is 5. The van der Waals surface area contributed by atoms with E-state index in [-0.39, 0.29) is 0 Å². The highest BCUT2D eigenvalue weighted by atomic mass is 32.2. The van der Waals surface area contributed by atoms with E-state index in [1.54, 1.807) is 13.4 Å². The Kier molecular flexibility index (Phi) is 4.07. The number of H-pyrrole nitrogens is 1. The number of aryl methyl sites for hydroxylation is 1. The second-order valence-corrected chi connectivity index (χ2v) is 5.74. The lowest BCUT2D eigenvalue weighted by molar-refractivity contribution is 0.401. The number of aromatic amines is 1. The van der Waals surface area contributed by atoms with Crippen molar-refractivity contribution < 1.29 is 8.95 Å². The fraction of sp³-hybridized carbons (Fsp3) is 0.500. The van der Waals surface area contributed by atoms with Crippen LogP contribution in [0.1, 0.15) is 6.42 Å². The number of ether oxygens (including phenoxy) is 1. The Morgan fingerprint density at radius 3 is 3.00 bits per heavy atom. The minimum Gasteiger partial charge on any atom is -0.479 e. The Balaban J connectivity index is 2.36. The van der Waals surface area contributed by atoms with Crippen molar-refractivity contribution >= 4 is 34.2 Å². The van der Waals surface area contributed by atoms with E-state index in [1.165, 1.54) is 6.33 Å². The van der Waals surface area contributed by atoms with Gasteiger partial charge in [0.15, 0.2) is 10.4 Å². The van der Waals surface area contributed by atoms with Gasteiger partial charge >= 0.3 is 0 Å². The highest BCUT2D eigenvalue weighted by molar-refractivity contribution is 7.84. The van der Waals surface area contributed by atoms with Gasteiger partial charge in [-0.3, -0.25) is 4.21 Å². The molecule has 0 aliphatic heterocycles. The number of methoxy groups -OCH3 is 1. The Hall–Kier alpha value is -1.28. The molecular formula is C10H14N4O2S2. The van der Waals surface area contributed by atoms with Crippen molar-refractivity contribution in [3.8, 4) is 5.88 Å². The number of fused-ring (bicyclic) bond motifs is 1. The fourth-order valence-corrected chi connectivity index (χ4v) is 2.55. The third-order valence-electron chi connectivity index (χ3n) is 2.53. The summed E-state index contributed by atoms with van der Waals surface area (Å²) in [5, 5.41) is 0. The maximum Gasteiger partial charge on any atom is 0.242 e. The molecule has 0 amide bonds. The molecule has 2 rings (SSSR count). The smallest absolute Gasteiger partial charge is 0.242 e. The maximum absolute atomic E-state index is 11.0. The molecule has 98 valence electrons. The highest BCUT2D eigenvalue weighted by Crippen LogP contribution is 2.20. The zero-order valence-corrected chi connectivity index (χ0v) is 11.8. The first kappa shape index (κ1) is 13.2. The largest absolute Gasteiger partial charge is 0.479 e. The summed E-state index contributed by atoms with van der Waals surface area (Å²) in [6, 6.07) is 0. The second-order valence-electron chi connectivity index (χ2n) is 3.79. The molecule has 1 unspecified atom stereocenters. The molecular weight excluding hydrogens is 272 g/mol. The SMILES string of the molecule is COc1ncnc2c1[nH]c(=S)n2CCCS(C)=O. The van der Waals surface area contributed by atoms with E-state index in [9.17, 15) is 4.21 Å². The van der Waals surface area contributed by atoms with Crippen LogP contribution in [-0.4, -0.2) is 42.8 Å². The van der Waals surface area contributed by atoms with Gasteiger partial charge in [-0.25, -0.2) is 4.98 Å². The summed E-state index contributed by atoms with van der Waals surface area (Å²) in [5.41, 5.74) is 1.41. The van der Waals surface area contributed by atoms with Gasteiger partial charge in [-0.2, -0.15) is 4.98 Å². The summed E-state index contributed by atoms with van der Waals surface area (Å²) in [6.45, 7) is 0.679. The third-order valence-corrected chi connectivity index (χ3v) is 3.72. The zero-order valence-electron chi connectivity index (χ0n) is 10.2. The molecule has 1 N–H and O–H groups in total. The zero-order chi connectivity index (χ0) is 13.1. The van der Waals surface area contributed by atoms with Crippen LogP contribution in [0.5, 0.6) is 5.88 Å². The summed E-state index contributed by atoms with van der Waals surface area (Å²) in [5.74, 6) is 1.13. The van der Waals surface area contributed by atoms with Crippen molar-refractivity contribution in [3.05, 3.63) is 11.1 Å². The molecule has 0 spiro atoms. The molecule has 2 heterocycles. The molecule has 8 heteroatoms. The number of hydrogen-bond donors (Lipinski definition) is 1. The Bertz CT molecular complexity index is 634. The summed E-state index contributed by atoms with van der Waals surface area (Å²) >= 11 is 5.25. The van der Waals surface area contributed by atoms with Crippen LogP contribution in [0.2, 0.25) is 0 Å². The van der Waals surface area contributed by atoms with E-state index < -0.39 is 10.8 Å². The Labute approximate surface area is 112 Å². The van der Waals surface area contributed by atoms with Crippen LogP contribution < -0.4 is 4.74 Å². The molecule has 0 bridgehead atoms. The number of aromatic nitrogens is 4. The average Bonchev–Trinajstić information content (AvgIpc) is 2.65. The van der Waals surface area contributed by atoms with Gasteiger partial charge in [0, 0.05) is 29.4 Å². The molecule has 0 aliphatic carbocycles. The lowest BCUT2D eigenvalue weighted by Crippen LogP contribution is -2.04. The topological polar surface area (TPSA) is 72.8 Å². The van der Waals surface area contributed by atoms with Crippen LogP contribution in [-0.2, 0) is 17.3 Å². The van der Waals surface area contributed by atoms with Crippen LogP contribution in [0.15, 0.2) is 6.33 Å². The first-order valence-electron chi connectivity index (χ1n) is 5.41.